The highest BCUT2D eigenvalue weighted by molar-refractivity contribution is 5.95. The number of benzene rings is 1. The molecule has 1 aromatic rings. The predicted molar refractivity (Wildman–Crippen MR) is 67.0 cm³/mol. The van der Waals surface area contributed by atoms with Crippen molar-refractivity contribution in [1.29, 1.82) is 0 Å². The van der Waals surface area contributed by atoms with E-state index in [1.165, 1.54) is 6.92 Å². The summed E-state index contributed by atoms with van der Waals surface area (Å²) in [6, 6.07) is -0.374. The molecular formula is C15H17NO. The first-order valence-electron chi connectivity index (χ1n) is 8.33. The number of para-hydroxylation sites is 1. The van der Waals surface area contributed by atoms with Crippen molar-refractivity contribution >= 4 is 11.6 Å². The molecule has 4 rings (SSSR count). The molecule has 17 heavy (non-hydrogen) atoms. The fraction of sp³-hybridized carbons (Fsp3) is 0.533. The van der Waals surface area contributed by atoms with E-state index in [0.717, 1.165) is 19.3 Å². The van der Waals surface area contributed by atoms with E-state index in [9.17, 15) is 4.79 Å². The number of carbonyl (C=O) groups excluding carboxylic acids is 1. The van der Waals surface area contributed by atoms with Gasteiger partial charge in [0.2, 0.25) is 5.91 Å². The van der Waals surface area contributed by atoms with Crippen molar-refractivity contribution in [3.05, 3.63) is 29.7 Å². The summed E-state index contributed by atoms with van der Waals surface area (Å²) in [5, 5.41) is 0. The molecule has 1 heterocycles. The summed E-state index contributed by atoms with van der Waals surface area (Å²) in [4.78, 5) is 13.8. The van der Waals surface area contributed by atoms with Crippen molar-refractivity contribution in [3.8, 4) is 0 Å². The monoisotopic (exact) mass is 231 g/mol. The Morgan fingerprint density at radius 1 is 1.35 bits per heavy atom. The van der Waals surface area contributed by atoms with Gasteiger partial charge in [0.15, 0.2) is 0 Å². The molecule has 3 aliphatic rings. The molecule has 2 nitrogen and oxygen atoms in total. The number of hydrogen-bond donors (Lipinski definition) is 0. The number of rotatable bonds is 0. The number of carbonyl (C=O) groups is 1. The minimum absolute atomic E-state index is 0.0469. The highest BCUT2D eigenvalue weighted by Crippen LogP contribution is 2.60. The number of anilines is 1. The van der Waals surface area contributed by atoms with Crippen molar-refractivity contribution in [2.75, 3.05) is 4.90 Å². The molecule has 2 aliphatic carbocycles. The highest BCUT2D eigenvalue weighted by Gasteiger charge is 2.55. The fourth-order valence-electron chi connectivity index (χ4n) is 4.30. The Hall–Kier alpha value is -1.31. The molecule has 0 aromatic heterocycles. The number of nitrogens with zero attached hydrogens (tertiary/aromatic N) is 1. The van der Waals surface area contributed by atoms with E-state index in [2.05, 4.69) is 0 Å². The van der Waals surface area contributed by atoms with Crippen LogP contribution in [0.25, 0.3) is 0 Å². The molecule has 0 radical (unpaired) electrons. The Labute approximate surface area is 107 Å². The summed E-state index contributed by atoms with van der Waals surface area (Å²) >= 11 is 0. The Bertz CT molecular complexity index is 674. The Kier molecular flexibility index (Phi) is 1.21. The molecule has 4 atom stereocenters. The zero-order chi connectivity index (χ0) is 15.0. The van der Waals surface area contributed by atoms with Crippen molar-refractivity contribution < 1.29 is 10.3 Å². The van der Waals surface area contributed by atoms with Gasteiger partial charge in [-0.25, -0.2) is 0 Å². The van der Waals surface area contributed by atoms with Crippen LogP contribution < -0.4 is 4.90 Å². The minimum atomic E-state index is -0.239. The molecule has 0 spiro atoms. The molecule has 88 valence electrons. The third kappa shape index (κ3) is 1.09. The van der Waals surface area contributed by atoms with Gasteiger partial charge in [-0.15, -0.1) is 0 Å². The lowest BCUT2D eigenvalue weighted by atomic mass is 9.82. The van der Waals surface area contributed by atoms with Crippen molar-refractivity contribution in [2.24, 2.45) is 11.8 Å². The van der Waals surface area contributed by atoms with Gasteiger partial charge in [0.25, 0.3) is 0 Å². The van der Waals surface area contributed by atoms with Crippen LogP contribution in [0.2, 0.25) is 0 Å². The Morgan fingerprint density at radius 3 is 2.94 bits per heavy atom. The Balaban J connectivity index is 2.02. The lowest BCUT2D eigenvalue weighted by Crippen LogP contribution is -2.41. The maximum absolute atomic E-state index is 12.2. The van der Waals surface area contributed by atoms with Crippen molar-refractivity contribution in [3.63, 3.8) is 0 Å². The molecule has 0 unspecified atom stereocenters. The number of hydrogen-bond acceptors (Lipinski definition) is 1. The largest absolute Gasteiger partial charge is 0.308 e. The standard InChI is InChI=1S/C15H17NO/c1-9(17)16-13-5-3-2-4-12(13)14-10-6-7-11(8-10)15(14)16/h2-5,10-11,14-15H,6-8H2,1H3/t10-,11+,14-,15-/m0/s1/i2D,3D,4D,5D. The summed E-state index contributed by atoms with van der Waals surface area (Å²) < 4.78 is 32.2. The summed E-state index contributed by atoms with van der Waals surface area (Å²) in [6.07, 6.45) is 3.30. The molecule has 1 aromatic carbocycles. The van der Waals surface area contributed by atoms with Gasteiger partial charge < -0.3 is 4.90 Å². The van der Waals surface area contributed by atoms with E-state index >= 15 is 0 Å². The lowest BCUT2D eigenvalue weighted by molar-refractivity contribution is -0.117. The van der Waals surface area contributed by atoms with E-state index in [1.54, 1.807) is 4.90 Å². The van der Waals surface area contributed by atoms with Crippen LogP contribution in [0.5, 0.6) is 0 Å². The molecular weight excluding hydrogens is 210 g/mol. The summed E-state index contributed by atoms with van der Waals surface area (Å²) in [5.74, 6) is 0.895. The molecule has 1 aliphatic heterocycles. The fourth-order valence-corrected chi connectivity index (χ4v) is 4.30. The average molecular weight is 231 g/mol. The predicted octanol–water partition coefficient (Wildman–Crippen LogP) is 2.94. The van der Waals surface area contributed by atoms with Crippen molar-refractivity contribution in [1.82, 2.24) is 0 Å². The van der Waals surface area contributed by atoms with Gasteiger partial charge in [-0.1, -0.05) is 18.1 Å². The van der Waals surface area contributed by atoms with Crippen molar-refractivity contribution in [2.45, 2.75) is 38.1 Å². The molecule has 0 N–H and O–H groups in total. The van der Waals surface area contributed by atoms with Gasteiger partial charge >= 0.3 is 0 Å². The van der Waals surface area contributed by atoms with Crippen LogP contribution in [0.3, 0.4) is 0 Å². The second-order valence-electron chi connectivity index (χ2n) is 5.50. The smallest absolute Gasteiger partial charge is 0.224 e. The molecule has 2 heteroatoms. The van der Waals surface area contributed by atoms with Crippen LogP contribution in [-0.4, -0.2) is 11.9 Å². The van der Waals surface area contributed by atoms with E-state index in [0.29, 0.717) is 23.1 Å². The van der Waals surface area contributed by atoms with Gasteiger partial charge in [-0.05, 0) is 42.7 Å². The number of fused-ring (bicyclic) bond motifs is 7. The van der Waals surface area contributed by atoms with Gasteiger partial charge in [0, 0.05) is 24.6 Å². The topological polar surface area (TPSA) is 20.3 Å². The van der Waals surface area contributed by atoms with Crippen LogP contribution >= 0.6 is 0 Å². The van der Waals surface area contributed by atoms with E-state index < -0.39 is 0 Å². The highest BCUT2D eigenvalue weighted by atomic mass is 16.2. The van der Waals surface area contributed by atoms with Crippen LogP contribution in [-0.2, 0) is 4.79 Å². The zero-order valence-corrected chi connectivity index (χ0v) is 9.79. The molecule has 2 bridgehead atoms. The van der Waals surface area contributed by atoms with E-state index in [-0.39, 0.29) is 42.0 Å². The zero-order valence-electron chi connectivity index (χ0n) is 13.8. The van der Waals surface area contributed by atoms with E-state index in [1.807, 2.05) is 0 Å². The normalized spacial score (nSPS) is 40.4. The maximum Gasteiger partial charge on any atom is 0.224 e. The Morgan fingerprint density at radius 2 is 2.12 bits per heavy atom. The SMILES string of the molecule is [2H]c1c([2H])c([2H])c2c(c1[2H])[C@@H]1[C@H]3CC[C@H](C3)[C@@H]1N2C(C)=O. The first-order valence-corrected chi connectivity index (χ1v) is 6.33. The third-order valence-electron chi connectivity index (χ3n) is 4.78. The summed E-state index contributed by atoms with van der Waals surface area (Å²) in [6.45, 7) is 1.50. The first kappa shape index (κ1) is 6.58. The van der Waals surface area contributed by atoms with Crippen LogP contribution in [0, 0.1) is 11.8 Å². The van der Waals surface area contributed by atoms with Crippen LogP contribution in [0.4, 0.5) is 5.69 Å². The summed E-state index contributed by atoms with van der Waals surface area (Å²) in [5.41, 5.74) is 1.13. The summed E-state index contributed by atoms with van der Waals surface area (Å²) in [7, 11) is 0. The molecule has 2 saturated carbocycles. The van der Waals surface area contributed by atoms with Gasteiger partial charge in [0.1, 0.15) is 0 Å². The molecule has 1 amide bonds. The molecule has 0 saturated heterocycles. The maximum atomic E-state index is 12.2. The van der Waals surface area contributed by atoms with Gasteiger partial charge in [0.05, 0.1) is 5.48 Å². The third-order valence-corrected chi connectivity index (χ3v) is 4.78. The first-order chi connectivity index (χ1) is 9.93. The van der Waals surface area contributed by atoms with Crippen LogP contribution in [0.15, 0.2) is 24.2 Å². The quantitative estimate of drug-likeness (QED) is 0.672. The van der Waals surface area contributed by atoms with Gasteiger partial charge in [-0.2, -0.15) is 0 Å². The lowest BCUT2D eigenvalue weighted by Gasteiger charge is -2.31. The second kappa shape index (κ2) is 3.12. The van der Waals surface area contributed by atoms with Crippen LogP contribution in [0.1, 0.15) is 43.2 Å². The second-order valence-corrected chi connectivity index (χ2v) is 5.50. The minimum Gasteiger partial charge on any atom is -0.308 e. The van der Waals surface area contributed by atoms with Gasteiger partial charge in [-0.3, -0.25) is 4.79 Å². The molecule has 2 fully saturated rings. The average Bonchev–Trinajstić information content (AvgIpc) is 3.11. The number of amides is 1. The van der Waals surface area contributed by atoms with E-state index in [4.69, 9.17) is 5.48 Å².